The zero-order valence-corrected chi connectivity index (χ0v) is 16.4. The van der Waals surface area contributed by atoms with Gasteiger partial charge in [-0.1, -0.05) is 24.3 Å². The van der Waals surface area contributed by atoms with Crippen LogP contribution in [0, 0.1) is 12.8 Å². The number of thioether (sulfide) groups is 1. The highest BCUT2D eigenvalue weighted by atomic mass is 32.2. The van der Waals surface area contributed by atoms with Gasteiger partial charge in [0.25, 0.3) is 5.91 Å². The maximum atomic E-state index is 12.9. The zero-order chi connectivity index (χ0) is 19.0. The van der Waals surface area contributed by atoms with Gasteiger partial charge in [-0.3, -0.25) is 14.5 Å². The zero-order valence-electron chi connectivity index (χ0n) is 15.6. The summed E-state index contributed by atoms with van der Waals surface area (Å²) in [5, 5.41) is 2.94. The number of imide groups is 1. The van der Waals surface area contributed by atoms with Gasteiger partial charge in [-0.25, -0.2) is 4.79 Å². The summed E-state index contributed by atoms with van der Waals surface area (Å²) in [6.45, 7) is 3.55. The third-order valence-electron chi connectivity index (χ3n) is 5.95. The van der Waals surface area contributed by atoms with E-state index in [1.807, 2.05) is 47.9 Å². The Kier molecular flexibility index (Phi) is 4.88. The van der Waals surface area contributed by atoms with E-state index >= 15 is 0 Å². The van der Waals surface area contributed by atoms with E-state index in [4.69, 9.17) is 0 Å². The summed E-state index contributed by atoms with van der Waals surface area (Å²) in [7, 11) is 0. The maximum Gasteiger partial charge on any atom is 0.325 e. The van der Waals surface area contributed by atoms with Crippen molar-refractivity contribution in [2.24, 2.45) is 5.92 Å². The van der Waals surface area contributed by atoms with Crippen LogP contribution in [0.25, 0.3) is 0 Å². The second-order valence-electron chi connectivity index (χ2n) is 7.81. The van der Waals surface area contributed by atoms with Gasteiger partial charge in [0.05, 0.1) is 0 Å². The Balaban J connectivity index is 1.40. The van der Waals surface area contributed by atoms with Crippen LogP contribution in [0.1, 0.15) is 30.4 Å². The Morgan fingerprint density at radius 1 is 1.19 bits per heavy atom. The van der Waals surface area contributed by atoms with Crippen LogP contribution in [-0.2, 0) is 16.1 Å². The van der Waals surface area contributed by atoms with Gasteiger partial charge in [0.15, 0.2) is 0 Å². The number of nitrogens with one attached hydrogen (secondary N) is 1. The first-order chi connectivity index (χ1) is 13.0. The first-order valence-electron chi connectivity index (χ1n) is 9.53. The van der Waals surface area contributed by atoms with Gasteiger partial charge >= 0.3 is 6.03 Å². The van der Waals surface area contributed by atoms with Crippen LogP contribution in [0.2, 0.25) is 0 Å². The molecule has 0 bridgehead atoms. The monoisotopic (exact) mass is 387 g/mol. The molecule has 7 heteroatoms. The molecule has 0 saturated carbocycles. The topological polar surface area (TPSA) is 69.7 Å². The summed E-state index contributed by atoms with van der Waals surface area (Å²) in [5.41, 5.74) is 1.60. The molecule has 1 unspecified atom stereocenters. The molecule has 3 heterocycles. The molecular weight excluding hydrogens is 362 g/mol. The number of nitrogens with zero attached hydrogens (tertiary/aromatic N) is 2. The number of aryl methyl sites for hydroxylation is 1. The molecule has 27 heavy (non-hydrogen) atoms. The van der Waals surface area contributed by atoms with Crippen molar-refractivity contribution in [2.45, 2.75) is 38.3 Å². The van der Waals surface area contributed by atoms with Crippen molar-refractivity contribution in [2.75, 3.05) is 24.6 Å². The molecule has 6 nitrogen and oxygen atoms in total. The number of carbonyl (C=O) groups excluding carboxylic acids is 3. The summed E-state index contributed by atoms with van der Waals surface area (Å²) >= 11 is 1.82. The first-order valence-corrected chi connectivity index (χ1v) is 10.7. The molecule has 0 aliphatic carbocycles. The van der Waals surface area contributed by atoms with Crippen molar-refractivity contribution in [3.8, 4) is 0 Å². The third-order valence-corrected chi connectivity index (χ3v) is 6.94. The molecule has 3 saturated heterocycles. The van der Waals surface area contributed by atoms with Gasteiger partial charge in [-0.05, 0) is 42.4 Å². The molecule has 0 aromatic heterocycles. The second-order valence-corrected chi connectivity index (χ2v) is 9.04. The Morgan fingerprint density at radius 3 is 2.67 bits per heavy atom. The molecule has 1 aromatic carbocycles. The van der Waals surface area contributed by atoms with Gasteiger partial charge in [0, 0.05) is 32.0 Å². The highest BCUT2D eigenvalue weighted by Crippen LogP contribution is 2.33. The normalized spacial score (nSPS) is 24.8. The molecule has 4 rings (SSSR count). The number of benzene rings is 1. The van der Waals surface area contributed by atoms with Gasteiger partial charge in [0.1, 0.15) is 5.54 Å². The number of hydrogen-bond acceptors (Lipinski definition) is 4. The summed E-state index contributed by atoms with van der Waals surface area (Å²) in [6.07, 6.45) is 1.79. The Morgan fingerprint density at radius 2 is 1.93 bits per heavy atom. The molecule has 4 amide bonds. The fraction of sp³-hybridized carbons (Fsp3) is 0.550. The van der Waals surface area contributed by atoms with E-state index in [2.05, 4.69) is 5.32 Å². The molecular formula is C20H25N3O3S. The minimum atomic E-state index is -0.703. The quantitative estimate of drug-likeness (QED) is 0.804. The van der Waals surface area contributed by atoms with Crippen molar-refractivity contribution in [3.63, 3.8) is 0 Å². The fourth-order valence-corrected chi connectivity index (χ4v) is 5.47. The second kappa shape index (κ2) is 7.19. The summed E-state index contributed by atoms with van der Waals surface area (Å²) in [6, 6.07) is 7.76. The molecule has 144 valence electrons. The number of urea groups is 1. The molecule has 1 aromatic rings. The summed E-state index contributed by atoms with van der Waals surface area (Å²) in [4.78, 5) is 41.0. The largest absolute Gasteiger partial charge is 0.338 e. The van der Waals surface area contributed by atoms with Crippen molar-refractivity contribution < 1.29 is 14.4 Å². The number of amides is 4. The van der Waals surface area contributed by atoms with Crippen LogP contribution in [-0.4, -0.2) is 57.8 Å². The van der Waals surface area contributed by atoms with Gasteiger partial charge in [0.2, 0.25) is 5.91 Å². The van der Waals surface area contributed by atoms with Crippen molar-refractivity contribution in [1.82, 2.24) is 15.1 Å². The average molecular weight is 388 g/mol. The molecule has 3 aliphatic rings. The standard InChI is InChI=1S/C20H25N3O3S/c1-14-4-2-3-5-16(14)13-22-11-15(10-17(22)24)12-23-18(25)20(21-19(23)26)6-8-27-9-7-20/h2-5,15H,6-13H2,1H3,(H,21,26). The van der Waals surface area contributed by atoms with E-state index in [9.17, 15) is 14.4 Å². The Bertz CT molecular complexity index is 775. The van der Waals surface area contributed by atoms with Crippen LogP contribution in [0.15, 0.2) is 24.3 Å². The fourth-order valence-electron chi connectivity index (χ4n) is 4.28. The lowest BCUT2D eigenvalue weighted by atomic mass is 9.92. The van der Waals surface area contributed by atoms with Crippen LogP contribution in [0.5, 0.6) is 0 Å². The lowest BCUT2D eigenvalue weighted by molar-refractivity contribution is -0.132. The maximum absolute atomic E-state index is 12.9. The molecule has 1 atom stereocenters. The lowest BCUT2D eigenvalue weighted by Crippen LogP contribution is -2.49. The van der Waals surface area contributed by atoms with Gasteiger partial charge in [-0.15, -0.1) is 0 Å². The highest BCUT2D eigenvalue weighted by Gasteiger charge is 2.52. The number of hydrogen-bond donors (Lipinski definition) is 1. The van der Waals surface area contributed by atoms with Gasteiger partial charge < -0.3 is 10.2 Å². The van der Waals surface area contributed by atoms with E-state index in [-0.39, 0.29) is 23.8 Å². The van der Waals surface area contributed by atoms with E-state index in [1.54, 1.807) is 0 Å². The third kappa shape index (κ3) is 3.45. The van der Waals surface area contributed by atoms with E-state index < -0.39 is 5.54 Å². The van der Waals surface area contributed by atoms with Crippen molar-refractivity contribution in [3.05, 3.63) is 35.4 Å². The molecule has 3 fully saturated rings. The van der Waals surface area contributed by atoms with E-state index in [1.165, 1.54) is 10.5 Å². The predicted molar refractivity (Wildman–Crippen MR) is 104 cm³/mol. The van der Waals surface area contributed by atoms with Crippen molar-refractivity contribution >= 4 is 29.6 Å². The van der Waals surface area contributed by atoms with Crippen LogP contribution < -0.4 is 5.32 Å². The Hall–Kier alpha value is -2.02. The predicted octanol–water partition coefficient (Wildman–Crippen LogP) is 2.16. The molecule has 1 spiro atoms. The van der Waals surface area contributed by atoms with Gasteiger partial charge in [-0.2, -0.15) is 11.8 Å². The smallest absolute Gasteiger partial charge is 0.325 e. The lowest BCUT2D eigenvalue weighted by Gasteiger charge is -2.30. The SMILES string of the molecule is Cc1ccccc1CN1CC(CN2C(=O)NC3(CCSCC3)C2=O)CC1=O. The average Bonchev–Trinajstić information content (AvgIpc) is 3.10. The Labute approximate surface area is 163 Å². The highest BCUT2D eigenvalue weighted by molar-refractivity contribution is 7.99. The molecule has 3 aliphatic heterocycles. The summed E-state index contributed by atoms with van der Waals surface area (Å²) in [5.74, 6) is 1.79. The number of rotatable bonds is 4. The van der Waals surface area contributed by atoms with E-state index in [0.717, 1.165) is 17.1 Å². The van der Waals surface area contributed by atoms with E-state index in [0.29, 0.717) is 38.9 Å². The molecule has 1 N–H and O–H groups in total. The first kappa shape index (κ1) is 18.3. The summed E-state index contributed by atoms with van der Waals surface area (Å²) < 4.78 is 0. The van der Waals surface area contributed by atoms with Crippen LogP contribution >= 0.6 is 11.8 Å². The molecule has 0 radical (unpaired) electrons. The number of likely N-dealkylation sites (tertiary alicyclic amines) is 1. The van der Waals surface area contributed by atoms with Crippen LogP contribution in [0.3, 0.4) is 0 Å². The van der Waals surface area contributed by atoms with Crippen molar-refractivity contribution in [1.29, 1.82) is 0 Å². The minimum absolute atomic E-state index is 0.00401. The number of carbonyl (C=O) groups is 3. The minimum Gasteiger partial charge on any atom is -0.338 e. The van der Waals surface area contributed by atoms with Crippen LogP contribution in [0.4, 0.5) is 4.79 Å².